The summed E-state index contributed by atoms with van der Waals surface area (Å²) in [6, 6.07) is 5.73. The number of rotatable bonds is 4. The highest BCUT2D eigenvalue weighted by molar-refractivity contribution is 5.68. The lowest BCUT2D eigenvalue weighted by atomic mass is 10.1. The molecule has 1 aliphatic rings. The van der Waals surface area contributed by atoms with Crippen LogP contribution in [0.1, 0.15) is 12.0 Å². The predicted octanol–water partition coefficient (Wildman–Crippen LogP) is 2.02. The molecule has 2 N–H and O–H groups in total. The van der Waals surface area contributed by atoms with Gasteiger partial charge in [0.1, 0.15) is 5.75 Å². The maximum absolute atomic E-state index is 10.4. The molecule has 1 aromatic rings. The quantitative estimate of drug-likeness (QED) is 0.813. The van der Waals surface area contributed by atoms with Crippen molar-refractivity contribution in [1.29, 1.82) is 0 Å². The number of aliphatic carboxylic acids is 1. The van der Waals surface area contributed by atoms with E-state index in [9.17, 15) is 4.79 Å². The first kappa shape index (κ1) is 10.5. The fraction of sp³-hybridized carbons (Fsp3) is 0.250. The number of carboxylic acids is 1. The third-order valence-electron chi connectivity index (χ3n) is 2.40. The number of carboxylic acid groups (broad SMARTS) is 1. The number of carbonyl (C=O) groups is 1. The lowest BCUT2D eigenvalue weighted by molar-refractivity contribution is -0.136. The summed E-state index contributed by atoms with van der Waals surface area (Å²) in [5.41, 5.74) is 2.03. The summed E-state index contributed by atoms with van der Waals surface area (Å²) in [5, 5.41) is 11.7. The van der Waals surface area contributed by atoms with Crippen LogP contribution in [0.2, 0.25) is 0 Å². The number of fused-ring (bicyclic) bond motifs is 1. The molecule has 84 valence electrons. The molecule has 0 radical (unpaired) electrons. The molecule has 16 heavy (non-hydrogen) atoms. The summed E-state index contributed by atoms with van der Waals surface area (Å²) < 4.78 is 5.35. The highest BCUT2D eigenvalue weighted by Gasteiger charge is 2.10. The van der Waals surface area contributed by atoms with Crippen molar-refractivity contribution in [3.05, 3.63) is 36.1 Å². The molecule has 4 nitrogen and oxygen atoms in total. The Morgan fingerprint density at radius 1 is 1.50 bits per heavy atom. The molecule has 0 atom stereocenters. The van der Waals surface area contributed by atoms with Gasteiger partial charge in [-0.05, 0) is 24.6 Å². The van der Waals surface area contributed by atoms with Crippen LogP contribution in [0, 0.1) is 0 Å². The lowest BCUT2D eigenvalue weighted by Crippen LogP contribution is -2.10. The van der Waals surface area contributed by atoms with Crippen LogP contribution in [-0.4, -0.2) is 17.6 Å². The smallest absolute Gasteiger partial charge is 0.305 e. The molecular weight excluding hydrogens is 206 g/mol. The maximum atomic E-state index is 10.4. The lowest BCUT2D eigenvalue weighted by Gasteiger charge is -2.16. The zero-order valence-electron chi connectivity index (χ0n) is 8.77. The highest BCUT2D eigenvalue weighted by atomic mass is 16.5. The van der Waals surface area contributed by atoms with Gasteiger partial charge in [-0.15, -0.1) is 0 Å². The fourth-order valence-corrected chi connectivity index (χ4v) is 1.64. The van der Waals surface area contributed by atoms with Crippen molar-refractivity contribution in [3.63, 3.8) is 0 Å². The average Bonchev–Trinajstić information content (AvgIpc) is 2.29. The monoisotopic (exact) mass is 219 g/mol. The molecule has 0 saturated carbocycles. The van der Waals surface area contributed by atoms with E-state index in [1.54, 1.807) is 6.26 Å². The minimum absolute atomic E-state index is 0.111. The van der Waals surface area contributed by atoms with E-state index in [2.05, 4.69) is 5.32 Å². The van der Waals surface area contributed by atoms with Crippen LogP contribution in [0.3, 0.4) is 0 Å². The maximum Gasteiger partial charge on any atom is 0.305 e. The van der Waals surface area contributed by atoms with Crippen LogP contribution < -0.4 is 10.1 Å². The van der Waals surface area contributed by atoms with Crippen molar-refractivity contribution in [2.75, 3.05) is 11.9 Å². The molecule has 0 aromatic heterocycles. The molecule has 1 aliphatic heterocycles. The van der Waals surface area contributed by atoms with Gasteiger partial charge >= 0.3 is 5.97 Å². The summed E-state index contributed by atoms with van der Waals surface area (Å²) in [7, 11) is 0. The number of nitrogens with one attached hydrogen (secondary N) is 1. The van der Waals surface area contributed by atoms with Gasteiger partial charge in [-0.3, -0.25) is 4.79 Å². The van der Waals surface area contributed by atoms with Gasteiger partial charge in [0.15, 0.2) is 0 Å². The predicted molar refractivity (Wildman–Crippen MR) is 60.7 cm³/mol. The molecule has 0 saturated heterocycles. The van der Waals surface area contributed by atoms with Gasteiger partial charge < -0.3 is 15.2 Å². The number of hydrogen-bond donors (Lipinski definition) is 2. The number of hydrogen-bond acceptors (Lipinski definition) is 3. The van der Waals surface area contributed by atoms with E-state index >= 15 is 0 Å². The first-order chi connectivity index (χ1) is 7.77. The zero-order valence-corrected chi connectivity index (χ0v) is 8.77. The van der Waals surface area contributed by atoms with Gasteiger partial charge in [0, 0.05) is 17.8 Å². The van der Waals surface area contributed by atoms with Crippen LogP contribution in [0.15, 0.2) is 30.5 Å². The van der Waals surface area contributed by atoms with Gasteiger partial charge in [-0.1, -0.05) is 6.07 Å². The van der Waals surface area contributed by atoms with Gasteiger partial charge in [-0.25, -0.2) is 0 Å². The highest BCUT2D eigenvalue weighted by Crippen LogP contribution is 2.29. The molecule has 1 heterocycles. The largest absolute Gasteiger partial charge is 0.481 e. The number of anilines is 1. The Labute approximate surface area is 93.5 Å². The van der Waals surface area contributed by atoms with E-state index in [1.165, 1.54) is 0 Å². The van der Waals surface area contributed by atoms with Crippen LogP contribution in [0.4, 0.5) is 5.69 Å². The number of allylic oxidation sites excluding steroid dienone is 1. The van der Waals surface area contributed by atoms with Crippen molar-refractivity contribution >= 4 is 11.7 Å². The Bertz CT molecular complexity index is 426. The summed E-state index contributed by atoms with van der Waals surface area (Å²) >= 11 is 0. The van der Waals surface area contributed by atoms with Crippen LogP contribution in [0.25, 0.3) is 0 Å². The fourth-order valence-electron chi connectivity index (χ4n) is 1.64. The summed E-state index contributed by atoms with van der Waals surface area (Å²) in [6.07, 6.45) is 4.53. The SMILES string of the molecule is O=C(O)CCNc1cccc2c1CC=CO2. The minimum atomic E-state index is -0.798. The molecule has 0 spiro atoms. The average molecular weight is 219 g/mol. The van der Waals surface area contributed by atoms with E-state index in [4.69, 9.17) is 9.84 Å². The van der Waals surface area contributed by atoms with E-state index in [0.717, 1.165) is 23.4 Å². The zero-order chi connectivity index (χ0) is 11.4. The minimum Gasteiger partial charge on any atom is -0.481 e. The molecule has 0 amide bonds. The second-order valence-corrected chi connectivity index (χ2v) is 3.55. The Morgan fingerprint density at radius 3 is 3.19 bits per heavy atom. The third-order valence-corrected chi connectivity index (χ3v) is 2.40. The summed E-state index contributed by atoms with van der Waals surface area (Å²) in [4.78, 5) is 10.4. The normalized spacial score (nSPS) is 12.8. The first-order valence-corrected chi connectivity index (χ1v) is 5.16. The topological polar surface area (TPSA) is 58.6 Å². The third kappa shape index (κ3) is 2.34. The van der Waals surface area contributed by atoms with Crippen molar-refractivity contribution < 1.29 is 14.6 Å². The van der Waals surface area contributed by atoms with Gasteiger partial charge in [-0.2, -0.15) is 0 Å². The molecule has 4 heteroatoms. The van der Waals surface area contributed by atoms with Crippen LogP contribution >= 0.6 is 0 Å². The first-order valence-electron chi connectivity index (χ1n) is 5.16. The van der Waals surface area contributed by atoms with E-state index in [1.807, 2.05) is 24.3 Å². The van der Waals surface area contributed by atoms with Crippen molar-refractivity contribution in [1.82, 2.24) is 0 Å². The summed E-state index contributed by atoms with van der Waals surface area (Å²) in [5.74, 6) is 0.0382. The standard InChI is InChI=1S/C12H13NO3/c14-12(15)6-7-13-10-4-1-5-11-9(10)3-2-8-16-11/h1-2,4-5,8,13H,3,6-7H2,(H,14,15). The van der Waals surface area contributed by atoms with Crippen molar-refractivity contribution in [3.8, 4) is 5.75 Å². The van der Waals surface area contributed by atoms with Crippen molar-refractivity contribution in [2.45, 2.75) is 12.8 Å². The van der Waals surface area contributed by atoms with Gasteiger partial charge in [0.25, 0.3) is 0 Å². The summed E-state index contributed by atoms with van der Waals surface area (Å²) in [6.45, 7) is 0.426. The number of benzene rings is 1. The van der Waals surface area contributed by atoms with Crippen LogP contribution in [0.5, 0.6) is 5.75 Å². The Kier molecular flexibility index (Phi) is 3.10. The van der Waals surface area contributed by atoms with E-state index in [0.29, 0.717) is 6.54 Å². The molecular formula is C12H13NO3. The molecule has 2 rings (SSSR count). The van der Waals surface area contributed by atoms with Gasteiger partial charge in [0.2, 0.25) is 0 Å². The Morgan fingerprint density at radius 2 is 2.38 bits per heavy atom. The molecule has 0 unspecified atom stereocenters. The molecule has 0 bridgehead atoms. The second kappa shape index (κ2) is 4.70. The van der Waals surface area contributed by atoms with Gasteiger partial charge in [0.05, 0.1) is 12.7 Å². The Balaban J connectivity index is 2.07. The molecule has 0 aliphatic carbocycles. The molecule has 0 fully saturated rings. The molecule has 1 aromatic carbocycles. The van der Waals surface area contributed by atoms with E-state index < -0.39 is 5.97 Å². The van der Waals surface area contributed by atoms with Crippen molar-refractivity contribution in [2.24, 2.45) is 0 Å². The Hall–Kier alpha value is -1.97. The number of ether oxygens (including phenoxy) is 1. The second-order valence-electron chi connectivity index (χ2n) is 3.55. The van der Waals surface area contributed by atoms with E-state index in [-0.39, 0.29) is 6.42 Å². The van der Waals surface area contributed by atoms with Crippen LogP contribution in [-0.2, 0) is 11.2 Å².